The van der Waals surface area contributed by atoms with E-state index in [-0.39, 0.29) is 11.0 Å². The number of halogens is 2. The second-order valence-electron chi connectivity index (χ2n) is 7.50. The molecule has 0 unspecified atom stereocenters. The monoisotopic (exact) mass is 435 g/mol. The van der Waals surface area contributed by atoms with Crippen molar-refractivity contribution in [2.24, 2.45) is 0 Å². The Labute approximate surface area is 181 Å². The first-order valence-electron chi connectivity index (χ1n) is 10.0. The zero-order valence-corrected chi connectivity index (χ0v) is 18.0. The Hall–Kier alpha value is -2.45. The maximum Gasteiger partial charge on any atom is 0.306 e. The highest BCUT2D eigenvalue weighted by atomic mass is 35.5. The molecule has 0 bridgehead atoms. The molecule has 0 radical (unpaired) electrons. The highest BCUT2D eigenvalue weighted by Crippen LogP contribution is 2.26. The van der Waals surface area contributed by atoms with E-state index >= 15 is 0 Å². The van der Waals surface area contributed by atoms with Crippen LogP contribution in [0.5, 0.6) is 0 Å². The average Bonchev–Trinajstić information content (AvgIpc) is 2.75. The number of hydrogen-bond donors (Lipinski definition) is 2. The van der Waals surface area contributed by atoms with Crippen LogP contribution in [0.2, 0.25) is 5.02 Å². The Morgan fingerprint density at radius 3 is 2.67 bits per heavy atom. The lowest BCUT2D eigenvalue weighted by Gasteiger charge is -2.35. The molecule has 7 nitrogen and oxygen atoms in total. The molecule has 1 saturated carbocycles. The van der Waals surface area contributed by atoms with Crippen LogP contribution >= 0.6 is 11.6 Å². The normalized spacial score (nSPS) is 18.8. The molecule has 1 fully saturated rings. The third kappa shape index (κ3) is 6.27. The summed E-state index contributed by atoms with van der Waals surface area (Å²) >= 11 is 5.83. The van der Waals surface area contributed by atoms with Crippen molar-refractivity contribution < 1.29 is 13.9 Å². The summed E-state index contributed by atoms with van der Waals surface area (Å²) in [5.41, 5.74) is 0.654. The number of rotatable bonds is 8. The molecular weight excluding hydrogens is 409 g/mol. The summed E-state index contributed by atoms with van der Waals surface area (Å²) in [7, 11) is 3.48. The topological polar surface area (TPSA) is 79.4 Å². The lowest BCUT2D eigenvalue weighted by Crippen LogP contribution is -2.39. The fraction of sp³-hybridized carbons (Fsp3) is 0.476. The standard InChI is InChI=1S/C21H27ClFN5O2/c1-28(10-9-21(29)30-2)16-6-3-14(4-7-16)26-19-12-20(25-13-24-19)27-15-5-8-18(23)17(22)11-15/h5,8,11-14,16H,3-4,6-7,9-10H2,1-2H3,(H2,24,25,26,27)/t14-,16-. The number of anilines is 3. The molecule has 2 N–H and O–H groups in total. The predicted octanol–water partition coefficient (Wildman–Crippen LogP) is 4.23. The van der Waals surface area contributed by atoms with Gasteiger partial charge in [-0.1, -0.05) is 11.6 Å². The van der Waals surface area contributed by atoms with Gasteiger partial charge in [-0.2, -0.15) is 0 Å². The highest BCUT2D eigenvalue weighted by Gasteiger charge is 2.24. The zero-order valence-electron chi connectivity index (χ0n) is 17.2. The maximum atomic E-state index is 13.3. The minimum absolute atomic E-state index is 0.0562. The van der Waals surface area contributed by atoms with E-state index in [0.717, 1.165) is 31.5 Å². The number of nitrogens with one attached hydrogen (secondary N) is 2. The number of aromatic nitrogens is 2. The Balaban J connectivity index is 1.50. The van der Waals surface area contributed by atoms with Crippen molar-refractivity contribution in [2.75, 3.05) is 31.3 Å². The SMILES string of the molecule is COC(=O)CCN(C)[C@H]1CC[C@H](Nc2cc(Nc3ccc(F)c(Cl)c3)ncn2)CC1. The van der Waals surface area contributed by atoms with E-state index in [9.17, 15) is 9.18 Å². The van der Waals surface area contributed by atoms with Gasteiger partial charge in [-0.15, -0.1) is 0 Å². The number of carbonyl (C=O) groups is 1. The van der Waals surface area contributed by atoms with Gasteiger partial charge in [-0.3, -0.25) is 4.79 Å². The van der Waals surface area contributed by atoms with Crippen LogP contribution in [0.4, 0.5) is 21.7 Å². The van der Waals surface area contributed by atoms with E-state index in [1.165, 1.54) is 25.6 Å². The van der Waals surface area contributed by atoms with Crippen LogP contribution in [0.3, 0.4) is 0 Å². The van der Waals surface area contributed by atoms with Crippen molar-refractivity contribution in [1.82, 2.24) is 14.9 Å². The van der Waals surface area contributed by atoms with Gasteiger partial charge in [0.2, 0.25) is 0 Å². The van der Waals surface area contributed by atoms with Gasteiger partial charge in [-0.25, -0.2) is 14.4 Å². The quantitative estimate of drug-likeness (QED) is 0.600. The number of ether oxygens (including phenoxy) is 1. The molecule has 1 aliphatic carbocycles. The summed E-state index contributed by atoms with van der Waals surface area (Å²) in [6.07, 6.45) is 6.06. The second-order valence-corrected chi connectivity index (χ2v) is 7.91. The molecule has 162 valence electrons. The van der Waals surface area contributed by atoms with E-state index < -0.39 is 5.82 Å². The molecule has 30 heavy (non-hydrogen) atoms. The predicted molar refractivity (Wildman–Crippen MR) is 116 cm³/mol. The van der Waals surface area contributed by atoms with Gasteiger partial charge in [0.05, 0.1) is 18.6 Å². The first kappa shape index (κ1) is 22.2. The molecule has 1 aliphatic rings. The maximum absolute atomic E-state index is 13.3. The summed E-state index contributed by atoms with van der Waals surface area (Å²) in [6, 6.07) is 7.06. The van der Waals surface area contributed by atoms with E-state index in [4.69, 9.17) is 16.3 Å². The van der Waals surface area contributed by atoms with E-state index in [2.05, 4.69) is 32.5 Å². The third-order valence-corrected chi connectivity index (χ3v) is 5.72. The molecule has 0 saturated heterocycles. The van der Waals surface area contributed by atoms with Crippen molar-refractivity contribution in [1.29, 1.82) is 0 Å². The van der Waals surface area contributed by atoms with Crippen molar-refractivity contribution >= 4 is 34.9 Å². The van der Waals surface area contributed by atoms with Crippen LogP contribution in [-0.4, -0.2) is 53.6 Å². The number of esters is 1. The zero-order chi connectivity index (χ0) is 21.5. The second kappa shape index (κ2) is 10.5. The Kier molecular flexibility index (Phi) is 7.81. The molecule has 9 heteroatoms. The van der Waals surface area contributed by atoms with Gasteiger partial charge in [0.1, 0.15) is 23.8 Å². The van der Waals surface area contributed by atoms with Gasteiger partial charge in [0, 0.05) is 30.4 Å². The number of nitrogens with zero attached hydrogens (tertiary/aromatic N) is 3. The van der Waals surface area contributed by atoms with E-state index in [1.807, 2.05) is 6.07 Å². The van der Waals surface area contributed by atoms with Crippen LogP contribution in [0.15, 0.2) is 30.6 Å². The first-order valence-corrected chi connectivity index (χ1v) is 10.4. The van der Waals surface area contributed by atoms with Crippen LogP contribution < -0.4 is 10.6 Å². The van der Waals surface area contributed by atoms with Crippen molar-refractivity contribution in [3.05, 3.63) is 41.4 Å². The summed E-state index contributed by atoms with van der Waals surface area (Å²) < 4.78 is 18.0. The van der Waals surface area contributed by atoms with Crippen LogP contribution in [-0.2, 0) is 9.53 Å². The van der Waals surface area contributed by atoms with Crippen molar-refractivity contribution in [2.45, 2.75) is 44.2 Å². The Bertz CT molecular complexity index is 861. The van der Waals surface area contributed by atoms with Crippen LogP contribution in [0.25, 0.3) is 0 Å². The lowest BCUT2D eigenvalue weighted by atomic mass is 9.90. The van der Waals surface area contributed by atoms with Crippen LogP contribution in [0.1, 0.15) is 32.1 Å². The largest absolute Gasteiger partial charge is 0.469 e. The Morgan fingerprint density at radius 1 is 1.23 bits per heavy atom. The van der Waals surface area contributed by atoms with Gasteiger partial charge >= 0.3 is 5.97 Å². The highest BCUT2D eigenvalue weighted by molar-refractivity contribution is 6.31. The summed E-state index contributed by atoms with van der Waals surface area (Å²) in [6.45, 7) is 0.712. The fourth-order valence-corrected chi connectivity index (χ4v) is 3.83. The summed E-state index contributed by atoms with van der Waals surface area (Å²) in [5, 5.41) is 6.65. The third-order valence-electron chi connectivity index (χ3n) is 5.43. The van der Waals surface area contributed by atoms with Crippen LogP contribution in [0, 0.1) is 5.82 Å². The molecular formula is C21H27ClFN5O2. The molecule has 2 aromatic rings. The molecule has 3 rings (SSSR count). The number of benzene rings is 1. The lowest BCUT2D eigenvalue weighted by molar-refractivity contribution is -0.141. The van der Waals surface area contributed by atoms with Gasteiger partial charge in [0.25, 0.3) is 0 Å². The molecule has 0 spiro atoms. The van der Waals surface area contributed by atoms with Crippen molar-refractivity contribution in [3.63, 3.8) is 0 Å². The van der Waals surface area contributed by atoms with E-state index in [0.29, 0.717) is 36.6 Å². The average molecular weight is 436 g/mol. The van der Waals surface area contributed by atoms with Crippen molar-refractivity contribution in [3.8, 4) is 0 Å². The number of carbonyl (C=O) groups excluding carboxylic acids is 1. The molecule has 1 heterocycles. The first-order chi connectivity index (χ1) is 14.4. The van der Waals surface area contributed by atoms with Gasteiger partial charge in [0.15, 0.2) is 0 Å². The fourth-order valence-electron chi connectivity index (χ4n) is 3.65. The smallest absolute Gasteiger partial charge is 0.306 e. The summed E-state index contributed by atoms with van der Waals surface area (Å²) in [4.78, 5) is 22.1. The van der Waals surface area contributed by atoms with Gasteiger partial charge < -0.3 is 20.3 Å². The molecule has 0 atom stereocenters. The Morgan fingerprint density at radius 2 is 1.97 bits per heavy atom. The van der Waals surface area contributed by atoms with E-state index in [1.54, 1.807) is 6.07 Å². The molecule has 0 amide bonds. The van der Waals surface area contributed by atoms with Gasteiger partial charge in [-0.05, 0) is 50.9 Å². The summed E-state index contributed by atoms with van der Waals surface area (Å²) in [5.74, 6) is 0.710. The minimum Gasteiger partial charge on any atom is -0.469 e. The number of methoxy groups -OCH3 is 1. The minimum atomic E-state index is -0.459. The molecule has 1 aromatic heterocycles. The number of hydrogen-bond acceptors (Lipinski definition) is 7. The molecule has 1 aromatic carbocycles. The molecule has 0 aliphatic heterocycles.